The first kappa shape index (κ1) is 13.7. The number of benzene rings is 2. The summed E-state index contributed by atoms with van der Waals surface area (Å²) in [4.78, 5) is 0. The molecule has 0 amide bonds. The normalized spacial score (nSPS) is 10.4. The molecule has 0 aromatic heterocycles. The monoisotopic (exact) mass is 343 g/mol. The van der Waals surface area contributed by atoms with Crippen molar-refractivity contribution >= 4 is 44.8 Å². The summed E-state index contributed by atoms with van der Waals surface area (Å²) < 4.78 is 0.964. The second-order valence-electron chi connectivity index (χ2n) is 4.07. The third-order valence-corrected chi connectivity index (χ3v) is 3.77. The van der Waals surface area contributed by atoms with E-state index in [0.717, 1.165) is 26.3 Å². The van der Waals surface area contributed by atoms with Crippen LogP contribution in [-0.4, -0.2) is 0 Å². The molecule has 0 radical (unpaired) electrons. The van der Waals surface area contributed by atoms with Crippen LogP contribution in [0.25, 0.3) is 0 Å². The van der Waals surface area contributed by atoms with E-state index in [1.54, 1.807) is 0 Å². The summed E-state index contributed by atoms with van der Waals surface area (Å²) in [5.41, 5.74) is 3.11. The molecule has 0 bridgehead atoms. The average Bonchev–Trinajstić information content (AvgIpc) is 2.30. The first-order chi connectivity index (χ1) is 8.56. The van der Waals surface area contributed by atoms with Crippen LogP contribution in [0.15, 0.2) is 40.9 Å². The molecule has 18 heavy (non-hydrogen) atoms. The van der Waals surface area contributed by atoms with E-state index in [1.165, 1.54) is 0 Å². The van der Waals surface area contributed by atoms with E-state index >= 15 is 0 Å². The minimum absolute atomic E-state index is 0.653. The molecule has 2 aromatic rings. The highest BCUT2D eigenvalue weighted by atomic mass is 79.9. The van der Waals surface area contributed by atoms with Crippen LogP contribution in [0.4, 0.5) is 5.69 Å². The SMILES string of the molecule is Cc1ccc(CNc2ccc(Br)cc2Cl)c(Cl)c1. The maximum atomic E-state index is 6.18. The summed E-state index contributed by atoms with van der Waals surface area (Å²) in [6, 6.07) is 11.8. The van der Waals surface area contributed by atoms with Gasteiger partial charge in [-0.15, -0.1) is 0 Å². The van der Waals surface area contributed by atoms with Gasteiger partial charge in [-0.1, -0.05) is 51.3 Å². The van der Waals surface area contributed by atoms with Crippen LogP contribution in [0.5, 0.6) is 0 Å². The molecule has 0 saturated heterocycles. The molecule has 1 nitrogen and oxygen atoms in total. The van der Waals surface area contributed by atoms with Crippen molar-refractivity contribution in [1.82, 2.24) is 0 Å². The Balaban J connectivity index is 2.11. The zero-order valence-electron chi connectivity index (χ0n) is 9.81. The summed E-state index contributed by atoms with van der Waals surface area (Å²) >= 11 is 15.7. The van der Waals surface area contributed by atoms with E-state index in [2.05, 4.69) is 21.2 Å². The van der Waals surface area contributed by atoms with Crippen molar-refractivity contribution in [1.29, 1.82) is 0 Å². The highest BCUT2D eigenvalue weighted by Gasteiger charge is 2.03. The molecule has 94 valence electrons. The predicted octanol–water partition coefficient (Wildman–Crippen LogP) is 5.68. The van der Waals surface area contributed by atoms with E-state index in [4.69, 9.17) is 23.2 Å². The first-order valence-corrected chi connectivity index (χ1v) is 7.05. The van der Waals surface area contributed by atoms with Crippen molar-refractivity contribution in [2.24, 2.45) is 0 Å². The summed E-state index contributed by atoms with van der Waals surface area (Å²) in [7, 11) is 0. The van der Waals surface area contributed by atoms with Crippen molar-refractivity contribution in [3.63, 3.8) is 0 Å². The van der Waals surface area contributed by atoms with Gasteiger partial charge in [0.05, 0.1) is 10.7 Å². The van der Waals surface area contributed by atoms with Crippen LogP contribution < -0.4 is 5.32 Å². The molecule has 0 saturated carbocycles. The number of rotatable bonds is 3. The molecule has 4 heteroatoms. The highest BCUT2D eigenvalue weighted by Crippen LogP contribution is 2.27. The standard InChI is InChI=1S/C14H12BrCl2N/c1-9-2-3-10(12(16)6-9)8-18-14-5-4-11(15)7-13(14)17/h2-7,18H,8H2,1H3. The van der Waals surface area contributed by atoms with Crippen molar-refractivity contribution in [2.45, 2.75) is 13.5 Å². The van der Waals surface area contributed by atoms with Gasteiger partial charge in [0.2, 0.25) is 0 Å². The van der Waals surface area contributed by atoms with Crippen molar-refractivity contribution < 1.29 is 0 Å². The molecule has 0 fully saturated rings. The Labute approximate surface area is 125 Å². The molecule has 0 heterocycles. The van der Waals surface area contributed by atoms with Gasteiger partial charge in [-0.2, -0.15) is 0 Å². The first-order valence-electron chi connectivity index (χ1n) is 5.50. The number of anilines is 1. The van der Waals surface area contributed by atoms with E-state index in [9.17, 15) is 0 Å². The third-order valence-electron chi connectivity index (χ3n) is 2.61. The van der Waals surface area contributed by atoms with Gasteiger partial charge in [0.25, 0.3) is 0 Å². The third kappa shape index (κ3) is 3.41. The molecule has 0 unspecified atom stereocenters. The maximum absolute atomic E-state index is 6.18. The van der Waals surface area contributed by atoms with Gasteiger partial charge in [0.15, 0.2) is 0 Å². The van der Waals surface area contributed by atoms with Crippen LogP contribution in [0.2, 0.25) is 10.0 Å². The molecule has 0 spiro atoms. The van der Waals surface area contributed by atoms with Crippen LogP contribution in [-0.2, 0) is 6.54 Å². The van der Waals surface area contributed by atoms with Gasteiger partial charge < -0.3 is 5.32 Å². The average molecular weight is 345 g/mol. The fourth-order valence-electron chi connectivity index (χ4n) is 1.62. The van der Waals surface area contributed by atoms with E-state index in [-0.39, 0.29) is 0 Å². The highest BCUT2D eigenvalue weighted by molar-refractivity contribution is 9.10. The molecular weight excluding hydrogens is 333 g/mol. The van der Waals surface area contributed by atoms with Crippen LogP contribution in [0.1, 0.15) is 11.1 Å². The van der Waals surface area contributed by atoms with Gasteiger partial charge in [0, 0.05) is 16.0 Å². The van der Waals surface area contributed by atoms with Gasteiger partial charge in [0.1, 0.15) is 0 Å². The molecular formula is C14H12BrCl2N. The number of hydrogen-bond acceptors (Lipinski definition) is 1. The van der Waals surface area contributed by atoms with Crippen molar-refractivity contribution in [3.05, 3.63) is 62.0 Å². The quantitative estimate of drug-likeness (QED) is 0.755. The fourth-order valence-corrected chi connectivity index (χ4v) is 2.66. The van der Waals surface area contributed by atoms with Gasteiger partial charge in [-0.05, 0) is 42.3 Å². The lowest BCUT2D eigenvalue weighted by atomic mass is 10.1. The van der Waals surface area contributed by atoms with E-state index in [1.807, 2.05) is 43.3 Å². The smallest absolute Gasteiger partial charge is 0.0648 e. The Morgan fingerprint density at radius 1 is 1.06 bits per heavy atom. The van der Waals surface area contributed by atoms with Crippen LogP contribution in [0, 0.1) is 6.92 Å². The zero-order chi connectivity index (χ0) is 13.1. The lowest BCUT2D eigenvalue weighted by Gasteiger charge is -2.10. The summed E-state index contributed by atoms with van der Waals surface area (Å²) in [6.07, 6.45) is 0. The molecule has 0 aliphatic rings. The van der Waals surface area contributed by atoms with Crippen molar-refractivity contribution in [2.75, 3.05) is 5.32 Å². The number of nitrogens with one attached hydrogen (secondary N) is 1. The molecule has 1 N–H and O–H groups in total. The zero-order valence-corrected chi connectivity index (χ0v) is 12.9. The molecule has 0 aliphatic heterocycles. The fraction of sp³-hybridized carbons (Fsp3) is 0.143. The van der Waals surface area contributed by atoms with Gasteiger partial charge in [-0.3, -0.25) is 0 Å². The largest absolute Gasteiger partial charge is 0.380 e. The number of hydrogen-bond donors (Lipinski definition) is 1. The topological polar surface area (TPSA) is 12.0 Å². The van der Waals surface area contributed by atoms with E-state index in [0.29, 0.717) is 11.6 Å². The predicted molar refractivity (Wildman–Crippen MR) is 82.7 cm³/mol. The lowest BCUT2D eigenvalue weighted by Crippen LogP contribution is -2.00. The van der Waals surface area contributed by atoms with Gasteiger partial charge >= 0.3 is 0 Å². The second-order valence-corrected chi connectivity index (χ2v) is 5.80. The van der Waals surface area contributed by atoms with Crippen LogP contribution in [0.3, 0.4) is 0 Å². The molecule has 0 aliphatic carbocycles. The Bertz CT molecular complexity index is 518. The minimum Gasteiger partial charge on any atom is -0.380 e. The Morgan fingerprint density at radius 2 is 1.83 bits per heavy atom. The summed E-state index contributed by atoms with van der Waals surface area (Å²) in [6.45, 7) is 2.68. The minimum atomic E-state index is 0.653. The number of aryl methyl sites for hydroxylation is 1. The Hall–Kier alpha value is -0.700. The van der Waals surface area contributed by atoms with E-state index < -0.39 is 0 Å². The lowest BCUT2D eigenvalue weighted by molar-refractivity contribution is 1.14. The molecule has 2 rings (SSSR count). The molecule has 0 atom stereocenters. The molecule has 2 aromatic carbocycles. The summed E-state index contributed by atoms with van der Waals surface area (Å²) in [5.74, 6) is 0. The van der Waals surface area contributed by atoms with Gasteiger partial charge in [-0.25, -0.2) is 0 Å². The van der Waals surface area contributed by atoms with Crippen molar-refractivity contribution in [3.8, 4) is 0 Å². The Kier molecular flexibility index (Phi) is 4.55. The summed E-state index contributed by atoms with van der Waals surface area (Å²) in [5, 5.41) is 4.74. The van der Waals surface area contributed by atoms with Crippen LogP contribution >= 0.6 is 39.1 Å². The second kappa shape index (κ2) is 5.96. The maximum Gasteiger partial charge on any atom is 0.0648 e. The number of halogens is 3. The Morgan fingerprint density at radius 3 is 2.50 bits per heavy atom.